The van der Waals surface area contributed by atoms with Crippen LogP contribution in [0.1, 0.15) is 80.1 Å². The molecule has 0 spiro atoms. The van der Waals surface area contributed by atoms with Gasteiger partial charge in [-0.05, 0) is 83.2 Å². The summed E-state index contributed by atoms with van der Waals surface area (Å²) in [6.45, 7) is 13.6. The highest BCUT2D eigenvalue weighted by Crippen LogP contribution is 2.71. The minimum atomic E-state index is -0.655. The summed E-state index contributed by atoms with van der Waals surface area (Å²) in [4.78, 5) is 11.8. The summed E-state index contributed by atoms with van der Waals surface area (Å²) >= 11 is 0. The molecule has 0 aromatic heterocycles. The van der Waals surface area contributed by atoms with Crippen LogP contribution in [0.15, 0.2) is 23.3 Å². The molecule has 4 rings (SSSR count). The number of rotatable bonds is 2. The largest absolute Gasteiger partial charge is 0.481 e. The molecule has 3 heteroatoms. The highest BCUT2D eigenvalue weighted by molar-refractivity contribution is 5.70. The van der Waals surface area contributed by atoms with Crippen LogP contribution in [0.3, 0.4) is 0 Å². The maximum Gasteiger partial charge on any atom is 0.306 e. The van der Waals surface area contributed by atoms with Crippen LogP contribution in [0.25, 0.3) is 0 Å². The zero-order valence-corrected chi connectivity index (χ0v) is 18.5. The van der Waals surface area contributed by atoms with Gasteiger partial charge in [0.1, 0.15) is 0 Å². The summed E-state index contributed by atoms with van der Waals surface area (Å²) < 4.78 is 0. The van der Waals surface area contributed by atoms with Crippen molar-refractivity contribution in [2.75, 3.05) is 0 Å². The number of fused-ring (bicyclic) bond motifs is 5. The third-order valence-electron chi connectivity index (χ3n) is 10.3. The van der Waals surface area contributed by atoms with Gasteiger partial charge in [0.25, 0.3) is 0 Å². The molecule has 0 bridgehead atoms. The van der Waals surface area contributed by atoms with Crippen LogP contribution in [0.2, 0.25) is 0 Å². The fourth-order valence-corrected chi connectivity index (χ4v) is 8.01. The highest BCUT2D eigenvalue weighted by Gasteiger charge is 2.63. The van der Waals surface area contributed by atoms with Crippen LogP contribution in [0, 0.1) is 39.4 Å². The maximum atomic E-state index is 11.8. The number of carboxylic acids is 1. The van der Waals surface area contributed by atoms with Crippen molar-refractivity contribution in [3.05, 3.63) is 23.3 Å². The number of allylic oxidation sites excluding steroid dienone is 4. The minimum absolute atomic E-state index is 0.00698. The van der Waals surface area contributed by atoms with Gasteiger partial charge >= 0.3 is 5.97 Å². The lowest BCUT2D eigenvalue weighted by atomic mass is 9.44. The van der Waals surface area contributed by atoms with E-state index in [-0.39, 0.29) is 39.6 Å². The molecule has 4 aliphatic carbocycles. The molecule has 28 heavy (non-hydrogen) atoms. The molecule has 0 aliphatic heterocycles. The molecule has 0 unspecified atom stereocenters. The van der Waals surface area contributed by atoms with E-state index in [9.17, 15) is 15.0 Å². The van der Waals surface area contributed by atoms with Crippen LogP contribution in [0.5, 0.6) is 0 Å². The van der Waals surface area contributed by atoms with Crippen LogP contribution < -0.4 is 0 Å². The van der Waals surface area contributed by atoms with Crippen LogP contribution in [-0.4, -0.2) is 22.3 Å². The number of carboxylic acid groups (broad SMARTS) is 1. The van der Waals surface area contributed by atoms with Gasteiger partial charge in [0.05, 0.1) is 12.0 Å². The van der Waals surface area contributed by atoms with Crippen LogP contribution in [0.4, 0.5) is 0 Å². The number of carbonyl (C=O) groups is 1. The van der Waals surface area contributed by atoms with Gasteiger partial charge in [-0.15, -0.1) is 0 Å². The lowest BCUT2D eigenvalue weighted by Gasteiger charge is -2.61. The van der Waals surface area contributed by atoms with E-state index in [0.717, 1.165) is 38.5 Å². The van der Waals surface area contributed by atoms with E-state index in [1.54, 1.807) is 0 Å². The van der Waals surface area contributed by atoms with Crippen molar-refractivity contribution in [3.8, 4) is 0 Å². The van der Waals surface area contributed by atoms with Crippen molar-refractivity contribution in [2.45, 2.75) is 86.2 Å². The first kappa shape index (κ1) is 20.2. The first-order chi connectivity index (χ1) is 12.9. The molecule has 0 heterocycles. The normalized spacial score (nSPS) is 47.9. The number of aliphatic hydroxyl groups is 1. The quantitative estimate of drug-likeness (QED) is 0.650. The fourth-order valence-electron chi connectivity index (χ4n) is 8.01. The second kappa shape index (κ2) is 5.97. The first-order valence-corrected chi connectivity index (χ1v) is 11.2. The number of hydrogen-bond donors (Lipinski definition) is 2. The monoisotopic (exact) mass is 386 g/mol. The standard InChI is InChI=1S/C25H38O3/c1-15(21(27)28)16-9-13-25(6)18-7-8-19-22(2,3)20(26)11-12-23(19,4)17(18)10-14-24(16,25)5/h7,10,15-16,19-20,26H,8-9,11-14H2,1-6H3,(H,27,28)/t15-,16+,19-,20-,23+,24+,25-/m0/s1. The predicted molar refractivity (Wildman–Crippen MR) is 112 cm³/mol. The Morgan fingerprint density at radius 2 is 1.75 bits per heavy atom. The molecule has 0 aromatic carbocycles. The fraction of sp³-hybridized carbons (Fsp3) is 0.800. The molecular formula is C25H38O3. The van der Waals surface area contributed by atoms with Crippen molar-refractivity contribution in [3.63, 3.8) is 0 Å². The second-order valence-electron chi connectivity index (χ2n) is 11.5. The molecule has 3 nitrogen and oxygen atoms in total. The molecule has 0 amide bonds. The summed E-state index contributed by atoms with van der Waals surface area (Å²) in [5.74, 6) is -0.262. The third kappa shape index (κ3) is 2.29. The number of hydrogen-bond acceptors (Lipinski definition) is 2. The van der Waals surface area contributed by atoms with E-state index >= 15 is 0 Å². The third-order valence-corrected chi connectivity index (χ3v) is 10.3. The van der Waals surface area contributed by atoms with Gasteiger partial charge in [0, 0.05) is 0 Å². The van der Waals surface area contributed by atoms with E-state index in [2.05, 4.69) is 46.8 Å². The summed E-state index contributed by atoms with van der Waals surface area (Å²) in [6, 6.07) is 0. The van der Waals surface area contributed by atoms with Gasteiger partial charge in [0.2, 0.25) is 0 Å². The van der Waals surface area contributed by atoms with Gasteiger partial charge in [0.15, 0.2) is 0 Å². The maximum absolute atomic E-state index is 11.8. The predicted octanol–water partition coefficient (Wildman–Crippen LogP) is 5.59. The molecular weight excluding hydrogens is 348 g/mol. The van der Waals surface area contributed by atoms with Crippen molar-refractivity contribution in [2.24, 2.45) is 39.4 Å². The summed E-state index contributed by atoms with van der Waals surface area (Å²) in [5, 5.41) is 20.4. The SMILES string of the molecule is C[C@H](C(=O)O)[C@H]1CC[C@@]2(C)C3=CC[C@H]4C(C)(C)[C@@H](O)CC[C@]4(C)C3=CC[C@]12C. The van der Waals surface area contributed by atoms with Crippen molar-refractivity contribution < 1.29 is 15.0 Å². The Kier molecular flexibility index (Phi) is 4.30. The van der Waals surface area contributed by atoms with Crippen LogP contribution >= 0.6 is 0 Å². The van der Waals surface area contributed by atoms with Crippen molar-refractivity contribution in [1.29, 1.82) is 0 Å². The molecule has 156 valence electrons. The van der Waals surface area contributed by atoms with E-state index in [4.69, 9.17) is 0 Å². The van der Waals surface area contributed by atoms with Gasteiger partial charge in [-0.2, -0.15) is 0 Å². The Morgan fingerprint density at radius 1 is 1.07 bits per heavy atom. The van der Waals surface area contributed by atoms with E-state index in [1.165, 1.54) is 11.1 Å². The smallest absolute Gasteiger partial charge is 0.306 e. The van der Waals surface area contributed by atoms with E-state index in [1.807, 2.05) is 6.92 Å². The first-order valence-electron chi connectivity index (χ1n) is 11.2. The highest BCUT2D eigenvalue weighted by atomic mass is 16.4. The van der Waals surface area contributed by atoms with Crippen molar-refractivity contribution in [1.82, 2.24) is 0 Å². The van der Waals surface area contributed by atoms with Gasteiger partial charge < -0.3 is 10.2 Å². The second-order valence-corrected chi connectivity index (χ2v) is 11.5. The molecule has 2 saturated carbocycles. The topological polar surface area (TPSA) is 57.5 Å². The molecule has 0 saturated heterocycles. The zero-order valence-electron chi connectivity index (χ0n) is 18.5. The van der Waals surface area contributed by atoms with Crippen LogP contribution in [-0.2, 0) is 4.79 Å². The molecule has 7 atom stereocenters. The lowest BCUT2D eigenvalue weighted by Crippen LogP contribution is -2.54. The Hall–Kier alpha value is -1.09. The molecule has 2 N–H and O–H groups in total. The van der Waals surface area contributed by atoms with E-state index in [0.29, 0.717) is 5.92 Å². The van der Waals surface area contributed by atoms with Crippen molar-refractivity contribution >= 4 is 5.97 Å². The summed E-state index contributed by atoms with van der Waals surface area (Å²) in [7, 11) is 0. The Morgan fingerprint density at radius 3 is 2.39 bits per heavy atom. The van der Waals surface area contributed by atoms with Gasteiger partial charge in [-0.1, -0.05) is 53.7 Å². The average molecular weight is 387 g/mol. The molecule has 0 aromatic rings. The lowest BCUT2D eigenvalue weighted by molar-refractivity contribution is -0.145. The van der Waals surface area contributed by atoms with Gasteiger partial charge in [-0.25, -0.2) is 0 Å². The summed E-state index contributed by atoms with van der Waals surface area (Å²) in [5.41, 5.74) is 3.13. The molecule has 2 fully saturated rings. The molecule has 0 radical (unpaired) electrons. The van der Waals surface area contributed by atoms with Gasteiger partial charge in [-0.3, -0.25) is 4.79 Å². The Bertz CT molecular complexity index is 762. The van der Waals surface area contributed by atoms with E-state index < -0.39 is 5.97 Å². The minimum Gasteiger partial charge on any atom is -0.481 e. The Balaban J connectivity index is 1.79. The summed E-state index contributed by atoms with van der Waals surface area (Å²) in [6.07, 6.45) is 10.7. The average Bonchev–Trinajstić information content (AvgIpc) is 2.90. The number of aliphatic hydroxyl groups excluding tert-OH is 1. The zero-order chi connectivity index (χ0) is 20.7. The molecule has 4 aliphatic rings. The Labute approximate surface area is 170 Å². The number of aliphatic carboxylic acids is 1.